The fraction of sp³-hybridized carbons (Fsp3) is 0.474. The third-order valence-electron chi connectivity index (χ3n) is 5.23. The van der Waals surface area contributed by atoms with E-state index in [4.69, 9.17) is 22.9 Å². The van der Waals surface area contributed by atoms with Crippen LogP contribution in [0.15, 0.2) is 24.3 Å². The van der Waals surface area contributed by atoms with Crippen molar-refractivity contribution >= 4 is 39.7 Å². The first-order chi connectivity index (χ1) is 13.5. The lowest BCUT2D eigenvalue weighted by Crippen LogP contribution is -2.36. The summed E-state index contributed by atoms with van der Waals surface area (Å²) < 4.78 is 5.64. The molecule has 2 N–H and O–H groups in total. The average molecular weight is 417 g/mol. The first-order valence-electron chi connectivity index (χ1n) is 9.50. The van der Waals surface area contributed by atoms with Crippen molar-refractivity contribution in [2.45, 2.75) is 38.3 Å². The average Bonchev–Trinajstić information content (AvgIpc) is 3.23. The van der Waals surface area contributed by atoms with Gasteiger partial charge in [-0.15, -0.1) is 11.3 Å². The summed E-state index contributed by atoms with van der Waals surface area (Å²) in [5.74, 6) is 0.914. The molecule has 0 unspecified atom stereocenters. The second-order valence-corrected chi connectivity index (χ2v) is 8.73. The number of hydrogen-bond donors (Lipinski definition) is 1. The standard InChI is InChI=1S/C19H24N6OS2/c1-23-17(9-8-16(20)26)22-25(19(23)27)12-24-10-4-5-13(11-24)18-21-14-6-2-3-7-15(14)28-18/h2-3,6-7,13H,4-5,8-12H2,1H3,(H2,20,26)/t13-/m0/s1. The minimum absolute atomic E-state index is 0.281. The van der Waals surface area contributed by atoms with Crippen molar-refractivity contribution in [3.63, 3.8) is 0 Å². The molecule has 0 aliphatic carbocycles. The van der Waals surface area contributed by atoms with Crippen LogP contribution in [0.3, 0.4) is 0 Å². The zero-order chi connectivity index (χ0) is 19.7. The Kier molecular flexibility index (Phi) is 5.56. The first-order valence-corrected chi connectivity index (χ1v) is 10.7. The number of nitrogens with two attached hydrogens (primary N) is 1. The normalized spacial score (nSPS) is 18.0. The van der Waals surface area contributed by atoms with Gasteiger partial charge >= 0.3 is 0 Å². The number of hydrogen-bond acceptors (Lipinski definition) is 6. The molecule has 148 valence electrons. The summed E-state index contributed by atoms with van der Waals surface area (Å²) in [6.07, 6.45) is 3.09. The van der Waals surface area contributed by atoms with E-state index in [0.29, 0.717) is 23.8 Å². The Bertz CT molecular complexity index is 1020. The number of likely N-dealkylation sites (tertiary alicyclic amines) is 1. The van der Waals surface area contributed by atoms with Gasteiger partial charge in [0.2, 0.25) is 5.91 Å². The Labute approximate surface area is 172 Å². The van der Waals surface area contributed by atoms with Gasteiger partial charge in [-0.05, 0) is 43.7 Å². The van der Waals surface area contributed by atoms with Gasteiger partial charge in [-0.25, -0.2) is 9.67 Å². The van der Waals surface area contributed by atoms with Gasteiger partial charge in [-0.1, -0.05) is 12.1 Å². The summed E-state index contributed by atoms with van der Waals surface area (Å²) in [4.78, 5) is 18.3. The van der Waals surface area contributed by atoms with E-state index in [2.05, 4.69) is 28.2 Å². The molecule has 28 heavy (non-hydrogen) atoms. The molecule has 0 spiro atoms. The number of carbonyl (C=O) groups excluding carboxylic acids is 1. The summed E-state index contributed by atoms with van der Waals surface area (Å²) in [7, 11) is 1.89. The number of carbonyl (C=O) groups is 1. The van der Waals surface area contributed by atoms with Gasteiger partial charge in [0.25, 0.3) is 0 Å². The highest BCUT2D eigenvalue weighted by molar-refractivity contribution is 7.71. The molecule has 1 aliphatic rings. The highest BCUT2D eigenvalue weighted by Crippen LogP contribution is 2.33. The van der Waals surface area contributed by atoms with Gasteiger partial charge in [0.05, 0.1) is 21.9 Å². The van der Waals surface area contributed by atoms with E-state index in [-0.39, 0.29) is 12.3 Å². The molecule has 1 amide bonds. The molecule has 9 heteroatoms. The fourth-order valence-corrected chi connectivity index (χ4v) is 5.01. The van der Waals surface area contributed by atoms with Gasteiger partial charge in [-0.3, -0.25) is 9.69 Å². The topological polar surface area (TPSA) is 82.0 Å². The van der Waals surface area contributed by atoms with Crippen LogP contribution in [0.5, 0.6) is 0 Å². The van der Waals surface area contributed by atoms with Crippen molar-refractivity contribution in [3.05, 3.63) is 39.9 Å². The minimum atomic E-state index is -0.324. The predicted octanol–water partition coefficient (Wildman–Crippen LogP) is 2.82. The molecule has 3 aromatic rings. The van der Waals surface area contributed by atoms with E-state index >= 15 is 0 Å². The van der Waals surface area contributed by atoms with Crippen molar-refractivity contribution in [1.82, 2.24) is 24.2 Å². The molecular weight excluding hydrogens is 392 g/mol. The molecule has 1 fully saturated rings. The van der Waals surface area contributed by atoms with E-state index in [1.807, 2.05) is 22.4 Å². The largest absolute Gasteiger partial charge is 0.370 e. The fourth-order valence-electron chi connectivity index (χ4n) is 3.72. The zero-order valence-corrected chi connectivity index (χ0v) is 17.5. The molecule has 4 rings (SSSR count). The Balaban J connectivity index is 1.47. The number of benzene rings is 1. The number of fused-ring (bicyclic) bond motifs is 1. The van der Waals surface area contributed by atoms with Gasteiger partial charge in [0.15, 0.2) is 4.77 Å². The van der Waals surface area contributed by atoms with Gasteiger partial charge < -0.3 is 10.3 Å². The highest BCUT2D eigenvalue weighted by Gasteiger charge is 2.25. The molecule has 2 aromatic heterocycles. The lowest BCUT2D eigenvalue weighted by molar-refractivity contribution is -0.118. The van der Waals surface area contributed by atoms with Crippen LogP contribution in [0.2, 0.25) is 0 Å². The Morgan fingerprint density at radius 3 is 3.00 bits per heavy atom. The number of aryl methyl sites for hydroxylation is 1. The number of thiazole rings is 1. The molecule has 0 bridgehead atoms. The summed E-state index contributed by atoms with van der Waals surface area (Å²) in [5, 5.41) is 5.84. The molecule has 0 radical (unpaired) electrons. The second-order valence-electron chi connectivity index (χ2n) is 7.30. The van der Waals surface area contributed by atoms with Gasteiger partial charge in [0.1, 0.15) is 5.82 Å². The zero-order valence-electron chi connectivity index (χ0n) is 15.9. The lowest BCUT2D eigenvalue weighted by atomic mass is 9.99. The lowest BCUT2D eigenvalue weighted by Gasteiger charge is -2.31. The third-order valence-corrected chi connectivity index (χ3v) is 6.91. The van der Waals surface area contributed by atoms with Crippen molar-refractivity contribution in [1.29, 1.82) is 0 Å². The Morgan fingerprint density at radius 2 is 2.21 bits per heavy atom. The van der Waals surface area contributed by atoms with E-state index in [9.17, 15) is 4.79 Å². The van der Waals surface area contributed by atoms with Gasteiger partial charge in [0, 0.05) is 32.4 Å². The molecular formula is C19H24N6OS2. The maximum Gasteiger partial charge on any atom is 0.217 e. The highest BCUT2D eigenvalue weighted by atomic mass is 32.1. The number of amides is 1. The van der Waals surface area contributed by atoms with Crippen molar-refractivity contribution < 1.29 is 4.79 Å². The summed E-state index contributed by atoms with van der Waals surface area (Å²) in [6.45, 7) is 2.63. The van der Waals surface area contributed by atoms with Crippen molar-refractivity contribution in [3.8, 4) is 0 Å². The first kappa shape index (κ1) is 19.2. The number of aromatic nitrogens is 4. The second kappa shape index (κ2) is 8.10. The maximum absolute atomic E-state index is 11.1. The maximum atomic E-state index is 11.1. The van der Waals surface area contributed by atoms with E-state index in [1.54, 1.807) is 11.3 Å². The van der Waals surface area contributed by atoms with Crippen molar-refractivity contribution in [2.75, 3.05) is 13.1 Å². The number of piperidine rings is 1. The molecule has 1 aromatic carbocycles. The molecule has 0 saturated carbocycles. The van der Waals surface area contributed by atoms with Crippen LogP contribution in [0.1, 0.15) is 36.0 Å². The van der Waals surface area contributed by atoms with Crippen LogP contribution in [0, 0.1) is 4.77 Å². The van der Waals surface area contributed by atoms with Crippen LogP contribution in [-0.2, 0) is 24.9 Å². The Morgan fingerprint density at radius 1 is 1.39 bits per heavy atom. The van der Waals surface area contributed by atoms with E-state index < -0.39 is 0 Å². The SMILES string of the molecule is Cn1c(CCC(N)=O)nn(CN2CCC[C@H](c3nc4ccccc4s3)C2)c1=S. The quantitative estimate of drug-likeness (QED) is 0.625. The Hall–Kier alpha value is -2.10. The minimum Gasteiger partial charge on any atom is -0.370 e. The number of para-hydroxylation sites is 1. The monoisotopic (exact) mass is 416 g/mol. The predicted molar refractivity (Wildman–Crippen MR) is 113 cm³/mol. The summed E-state index contributed by atoms with van der Waals surface area (Å²) in [6, 6.07) is 8.32. The molecule has 7 nitrogen and oxygen atoms in total. The van der Waals surface area contributed by atoms with Crippen LogP contribution in [0.4, 0.5) is 0 Å². The van der Waals surface area contributed by atoms with Crippen LogP contribution in [-0.4, -0.2) is 43.2 Å². The molecule has 1 aliphatic heterocycles. The number of nitrogens with zero attached hydrogens (tertiary/aromatic N) is 5. The molecule has 1 saturated heterocycles. The summed E-state index contributed by atoms with van der Waals surface area (Å²) in [5.41, 5.74) is 6.35. The van der Waals surface area contributed by atoms with E-state index in [0.717, 1.165) is 37.3 Å². The summed E-state index contributed by atoms with van der Waals surface area (Å²) >= 11 is 7.34. The van der Waals surface area contributed by atoms with Crippen molar-refractivity contribution in [2.24, 2.45) is 12.8 Å². The van der Waals surface area contributed by atoms with E-state index in [1.165, 1.54) is 9.71 Å². The third kappa shape index (κ3) is 4.01. The smallest absolute Gasteiger partial charge is 0.217 e. The number of primary amides is 1. The molecule has 1 atom stereocenters. The van der Waals surface area contributed by atoms with Gasteiger partial charge in [-0.2, -0.15) is 5.10 Å². The van der Waals surface area contributed by atoms with Crippen LogP contribution >= 0.6 is 23.6 Å². The van der Waals surface area contributed by atoms with Crippen LogP contribution < -0.4 is 5.73 Å². The number of rotatable bonds is 6. The molecule has 3 heterocycles. The van der Waals surface area contributed by atoms with Crippen LogP contribution in [0.25, 0.3) is 10.2 Å².